The smallest absolute Gasteiger partial charge is 0.254 e. The fraction of sp³-hybridized carbons (Fsp3) is 0.652. The molecule has 1 aliphatic heterocycles. The number of amides is 2. The van der Waals surface area contributed by atoms with Crippen LogP contribution in [0.5, 0.6) is 0 Å². The third-order valence-corrected chi connectivity index (χ3v) is 8.52. The monoisotopic (exact) mass is 434 g/mol. The van der Waals surface area contributed by atoms with Crippen LogP contribution in [0.25, 0.3) is 0 Å². The first kappa shape index (κ1) is 19.7. The van der Waals surface area contributed by atoms with E-state index in [9.17, 15) is 9.59 Å². The van der Waals surface area contributed by atoms with Crippen molar-refractivity contribution in [3.05, 3.63) is 33.8 Å². The maximum atomic E-state index is 13.1. The lowest BCUT2D eigenvalue weighted by atomic mass is 9.49. The molecule has 0 N–H and O–H groups in total. The Labute approximate surface area is 182 Å². The Morgan fingerprint density at radius 1 is 0.862 bits per heavy atom. The van der Waals surface area contributed by atoms with Gasteiger partial charge in [0.15, 0.2) is 0 Å². The molecular weight excluding hydrogens is 407 g/mol. The second-order valence-electron chi connectivity index (χ2n) is 9.90. The molecule has 4 aliphatic carbocycles. The summed E-state index contributed by atoms with van der Waals surface area (Å²) in [6.45, 7) is 2.40. The lowest BCUT2D eigenvalue weighted by Gasteiger charge is -2.57. The van der Waals surface area contributed by atoms with Crippen LogP contribution in [-0.4, -0.2) is 47.8 Å². The van der Waals surface area contributed by atoms with Crippen LogP contribution in [0.3, 0.4) is 0 Å². The van der Waals surface area contributed by atoms with Crippen molar-refractivity contribution in [3.8, 4) is 0 Å². The minimum absolute atomic E-state index is 0.0447. The highest BCUT2D eigenvalue weighted by molar-refractivity contribution is 6.42. The number of piperazine rings is 1. The van der Waals surface area contributed by atoms with Crippen LogP contribution in [0.2, 0.25) is 10.0 Å². The first-order chi connectivity index (χ1) is 13.9. The summed E-state index contributed by atoms with van der Waals surface area (Å²) in [5.41, 5.74) is 0.825. The Hall–Kier alpha value is -1.26. The Kier molecular flexibility index (Phi) is 5.06. The summed E-state index contributed by atoms with van der Waals surface area (Å²) in [6.07, 6.45) is 8.73. The number of carbonyl (C=O) groups excluding carboxylic acids is 2. The van der Waals surface area contributed by atoms with Crippen LogP contribution in [0.15, 0.2) is 18.2 Å². The molecule has 0 aromatic heterocycles. The molecule has 5 fully saturated rings. The average Bonchev–Trinajstić information content (AvgIpc) is 2.68. The molecule has 0 spiro atoms. The van der Waals surface area contributed by atoms with Gasteiger partial charge in [0, 0.05) is 38.2 Å². The number of hydrogen-bond donors (Lipinski definition) is 0. The zero-order valence-corrected chi connectivity index (χ0v) is 18.2. The van der Waals surface area contributed by atoms with E-state index in [1.165, 1.54) is 38.5 Å². The van der Waals surface area contributed by atoms with Crippen molar-refractivity contribution in [2.75, 3.05) is 26.2 Å². The predicted molar refractivity (Wildman–Crippen MR) is 114 cm³/mol. The van der Waals surface area contributed by atoms with E-state index in [1.54, 1.807) is 18.2 Å². The molecule has 5 aliphatic rings. The van der Waals surface area contributed by atoms with E-state index < -0.39 is 0 Å². The Balaban J connectivity index is 1.18. The van der Waals surface area contributed by atoms with Gasteiger partial charge in [-0.1, -0.05) is 23.2 Å². The molecule has 1 aromatic rings. The molecule has 0 radical (unpaired) electrons. The number of nitrogens with zero attached hydrogens (tertiary/aromatic N) is 2. The van der Waals surface area contributed by atoms with Crippen LogP contribution in [0.4, 0.5) is 0 Å². The molecule has 29 heavy (non-hydrogen) atoms. The lowest BCUT2D eigenvalue weighted by Crippen LogP contribution is -2.53. The molecule has 4 bridgehead atoms. The van der Waals surface area contributed by atoms with Gasteiger partial charge in [0.2, 0.25) is 5.91 Å². The molecule has 6 rings (SSSR count). The first-order valence-corrected chi connectivity index (χ1v) is 11.7. The van der Waals surface area contributed by atoms with E-state index in [0.29, 0.717) is 47.7 Å². The highest BCUT2D eigenvalue weighted by Crippen LogP contribution is 2.61. The number of rotatable bonds is 3. The van der Waals surface area contributed by atoms with Crippen molar-refractivity contribution in [3.63, 3.8) is 0 Å². The number of benzene rings is 1. The molecular formula is C23H28Cl2N2O2. The maximum Gasteiger partial charge on any atom is 0.254 e. The molecule has 2 amide bonds. The first-order valence-electron chi connectivity index (χ1n) is 10.9. The highest BCUT2D eigenvalue weighted by atomic mass is 35.5. The summed E-state index contributed by atoms with van der Waals surface area (Å²) in [7, 11) is 0. The molecule has 4 saturated carbocycles. The fourth-order valence-electron chi connectivity index (χ4n) is 6.91. The van der Waals surface area contributed by atoms with Gasteiger partial charge < -0.3 is 9.80 Å². The third-order valence-electron chi connectivity index (χ3n) is 7.78. The second kappa shape index (κ2) is 7.46. The molecule has 0 atom stereocenters. The van der Waals surface area contributed by atoms with E-state index >= 15 is 0 Å². The summed E-state index contributed by atoms with van der Waals surface area (Å²) < 4.78 is 0. The van der Waals surface area contributed by atoms with Crippen molar-refractivity contribution in [2.24, 2.45) is 23.2 Å². The summed E-state index contributed by atoms with van der Waals surface area (Å²) in [6, 6.07) is 4.99. The lowest BCUT2D eigenvalue weighted by molar-refractivity contribution is -0.141. The second-order valence-corrected chi connectivity index (χ2v) is 10.7. The van der Waals surface area contributed by atoms with Gasteiger partial charge >= 0.3 is 0 Å². The van der Waals surface area contributed by atoms with Gasteiger partial charge in [0.05, 0.1) is 10.0 Å². The zero-order valence-electron chi connectivity index (χ0n) is 16.7. The predicted octanol–water partition coefficient (Wildman–Crippen LogP) is 4.88. The molecule has 1 saturated heterocycles. The highest BCUT2D eigenvalue weighted by Gasteiger charge is 2.51. The third kappa shape index (κ3) is 3.79. The Bertz CT molecular complexity index is 797. The van der Waals surface area contributed by atoms with Gasteiger partial charge in [0.1, 0.15) is 0 Å². The SMILES string of the molecule is O=C(CC12CC3CC(CC(C3)C1)C2)N1CCN(C(=O)c2ccc(Cl)c(Cl)c2)CC1. The Morgan fingerprint density at radius 3 is 1.97 bits per heavy atom. The van der Waals surface area contributed by atoms with Crippen molar-refractivity contribution in [2.45, 2.75) is 44.9 Å². The van der Waals surface area contributed by atoms with E-state index in [2.05, 4.69) is 0 Å². The Morgan fingerprint density at radius 2 is 1.41 bits per heavy atom. The van der Waals surface area contributed by atoms with Crippen LogP contribution in [0.1, 0.15) is 55.3 Å². The molecule has 6 heteroatoms. The van der Waals surface area contributed by atoms with Gasteiger partial charge in [-0.2, -0.15) is 0 Å². The van der Waals surface area contributed by atoms with Gasteiger partial charge in [-0.25, -0.2) is 0 Å². The van der Waals surface area contributed by atoms with Crippen LogP contribution in [0, 0.1) is 23.2 Å². The number of hydrogen-bond acceptors (Lipinski definition) is 2. The largest absolute Gasteiger partial charge is 0.339 e. The van der Waals surface area contributed by atoms with Gasteiger partial charge in [0.25, 0.3) is 5.91 Å². The zero-order chi connectivity index (χ0) is 20.2. The minimum atomic E-state index is -0.0447. The summed E-state index contributed by atoms with van der Waals surface area (Å²) in [4.78, 5) is 29.7. The van der Waals surface area contributed by atoms with Crippen molar-refractivity contribution in [1.82, 2.24) is 9.80 Å². The number of halogens is 2. The van der Waals surface area contributed by atoms with Crippen LogP contribution >= 0.6 is 23.2 Å². The van der Waals surface area contributed by atoms with Gasteiger partial charge in [-0.3, -0.25) is 9.59 Å². The standard InChI is InChI=1S/C23H28Cl2N2O2/c24-19-2-1-18(10-20(19)25)22(29)27-5-3-26(4-6-27)21(28)14-23-11-15-7-16(12-23)9-17(8-15)13-23/h1-2,10,15-17H,3-9,11-14H2. The summed E-state index contributed by atoms with van der Waals surface area (Å²) in [5.74, 6) is 2.87. The van der Waals surface area contributed by atoms with Crippen LogP contribution in [-0.2, 0) is 4.79 Å². The van der Waals surface area contributed by atoms with E-state index in [-0.39, 0.29) is 11.3 Å². The average molecular weight is 435 g/mol. The molecule has 4 nitrogen and oxygen atoms in total. The van der Waals surface area contributed by atoms with Crippen LogP contribution < -0.4 is 0 Å². The topological polar surface area (TPSA) is 40.6 Å². The summed E-state index contributed by atoms with van der Waals surface area (Å²) >= 11 is 12.0. The maximum absolute atomic E-state index is 13.1. The summed E-state index contributed by atoms with van der Waals surface area (Å²) in [5, 5.41) is 0.838. The van der Waals surface area contributed by atoms with E-state index in [1.807, 2.05) is 9.80 Å². The fourth-order valence-corrected chi connectivity index (χ4v) is 7.21. The molecule has 156 valence electrons. The quantitative estimate of drug-likeness (QED) is 0.679. The molecule has 1 heterocycles. The van der Waals surface area contributed by atoms with Crippen molar-refractivity contribution >= 4 is 35.0 Å². The van der Waals surface area contributed by atoms with Crippen molar-refractivity contribution < 1.29 is 9.59 Å². The van der Waals surface area contributed by atoms with E-state index in [0.717, 1.165) is 24.2 Å². The number of carbonyl (C=O) groups is 2. The van der Waals surface area contributed by atoms with E-state index in [4.69, 9.17) is 23.2 Å². The van der Waals surface area contributed by atoms with Gasteiger partial charge in [-0.15, -0.1) is 0 Å². The minimum Gasteiger partial charge on any atom is -0.339 e. The molecule has 0 unspecified atom stereocenters. The van der Waals surface area contributed by atoms with Crippen molar-refractivity contribution in [1.29, 1.82) is 0 Å². The van der Waals surface area contributed by atoms with Gasteiger partial charge in [-0.05, 0) is 79.9 Å². The molecule has 1 aromatic carbocycles. The normalized spacial score (nSPS) is 33.2.